The highest BCUT2D eigenvalue weighted by Crippen LogP contribution is 2.10. The van der Waals surface area contributed by atoms with Crippen molar-refractivity contribution in [1.29, 1.82) is 0 Å². The van der Waals surface area contributed by atoms with Crippen LogP contribution in [-0.4, -0.2) is 46.8 Å². The van der Waals surface area contributed by atoms with Crippen molar-refractivity contribution in [3.63, 3.8) is 0 Å². The Labute approximate surface area is 107 Å². The summed E-state index contributed by atoms with van der Waals surface area (Å²) in [7, 11) is 0. The first-order chi connectivity index (χ1) is 8.75. The van der Waals surface area contributed by atoms with E-state index in [0.29, 0.717) is 19.1 Å². The molecule has 0 aromatic carbocycles. The molecule has 3 N–H and O–H groups in total. The molecule has 2 amide bonds. The lowest BCUT2D eigenvalue weighted by Crippen LogP contribution is -2.44. The van der Waals surface area contributed by atoms with Gasteiger partial charge in [0, 0.05) is 18.8 Å². The Morgan fingerprint density at radius 1 is 1.50 bits per heavy atom. The number of aromatic nitrogens is 2. The minimum absolute atomic E-state index is 0.129. The summed E-state index contributed by atoms with van der Waals surface area (Å²) in [6, 6.07) is 2.12. The van der Waals surface area contributed by atoms with Crippen LogP contribution in [0.1, 0.15) is 25.5 Å². The molecule has 0 saturated carbocycles. The van der Waals surface area contributed by atoms with Crippen LogP contribution >= 0.6 is 0 Å². The molecule has 1 atom stereocenters. The van der Waals surface area contributed by atoms with Crippen molar-refractivity contribution in [2.24, 2.45) is 0 Å². The average Bonchev–Trinajstić information content (AvgIpc) is 3.05. The van der Waals surface area contributed by atoms with E-state index in [4.69, 9.17) is 0 Å². The first-order valence-electron chi connectivity index (χ1n) is 6.49. The SMILES string of the molecule is CC(CNC(=O)NCc1ccn[nH]1)N1CCCC1. The number of urea groups is 1. The Morgan fingerprint density at radius 2 is 2.28 bits per heavy atom. The largest absolute Gasteiger partial charge is 0.337 e. The number of hydrogen-bond donors (Lipinski definition) is 3. The highest BCUT2D eigenvalue weighted by Gasteiger charge is 2.18. The van der Waals surface area contributed by atoms with E-state index < -0.39 is 0 Å². The maximum absolute atomic E-state index is 11.6. The predicted molar refractivity (Wildman–Crippen MR) is 69.1 cm³/mol. The van der Waals surface area contributed by atoms with Crippen LogP contribution in [0.5, 0.6) is 0 Å². The fourth-order valence-electron chi connectivity index (χ4n) is 2.17. The summed E-state index contributed by atoms with van der Waals surface area (Å²) in [5.41, 5.74) is 0.901. The van der Waals surface area contributed by atoms with Gasteiger partial charge in [-0.3, -0.25) is 10.00 Å². The number of carbonyl (C=O) groups is 1. The highest BCUT2D eigenvalue weighted by atomic mass is 16.2. The Morgan fingerprint density at radius 3 is 2.94 bits per heavy atom. The lowest BCUT2D eigenvalue weighted by atomic mass is 10.3. The molecule has 1 aromatic rings. The summed E-state index contributed by atoms with van der Waals surface area (Å²) < 4.78 is 0. The van der Waals surface area contributed by atoms with Gasteiger partial charge >= 0.3 is 6.03 Å². The topological polar surface area (TPSA) is 73.0 Å². The van der Waals surface area contributed by atoms with E-state index in [1.165, 1.54) is 12.8 Å². The first kappa shape index (κ1) is 12.9. The Kier molecular flexibility index (Phi) is 4.58. The van der Waals surface area contributed by atoms with Crippen molar-refractivity contribution in [2.45, 2.75) is 32.4 Å². The summed E-state index contributed by atoms with van der Waals surface area (Å²) in [5.74, 6) is 0. The third-order valence-corrected chi connectivity index (χ3v) is 3.32. The lowest BCUT2D eigenvalue weighted by Gasteiger charge is -2.23. The van der Waals surface area contributed by atoms with Crippen molar-refractivity contribution in [2.75, 3.05) is 19.6 Å². The van der Waals surface area contributed by atoms with Crippen molar-refractivity contribution < 1.29 is 4.79 Å². The van der Waals surface area contributed by atoms with Crippen molar-refractivity contribution in [3.8, 4) is 0 Å². The number of carbonyl (C=O) groups excluding carboxylic acids is 1. The minimum atomic E-state index is -0.129. The summed E-state index contributed by atoms with van der Waals surface area (Å²) in [5, 5.41) is 12.3. The van der Waals surface area contributed by atoms with Gasteiger partial charge in [0.05, 0.1) is 12.2 Å². The van der Waals surface area contributed by atoms with E-state index in [2.05, 4.69) is 32.7 Å². The third kappa shape index (κ3) is 3.73. The molecule has 2 rings (SSSR count). The van der Waals surface area contributed by atoms with Crippen molar-refractivity contribution in [3.05, 3.63) is 18.0 Å². The molecule has 0 radical (unpaired) electrons. The van der Waals surface area contributed by atoms with Gasteiger partial charge in [0.1, 0.15) is 0 Å². The van der Waals surface area contributed by atoms with Crippen molar-refractivity contribution >= 4 is 6.03 Å². The van der Waals surface area contributed by atoms with E-state index in [-0.39, 0.29) is 6.03 Å². The van der Waals surface area contributed by atoms with E-state index >= 15 is 0 Å². The molecule has 1 aromatic heterocycles. The van der Waals surface area contributed by atoms with Crippen molar-refractivity contribution in [1.82, 2.24) is 25.7 Å². The van der Waals surface area contributed by atoms with Gasteiger partial charge in [-0.1, -0.05) is 0 Å². The zero-order chi connectivity index (χ0) is 12.8. The summed E-state index contributed by atoms with van der Waals surface area (Å²) in [6.07, 6.45) is 4.22. The van der Waals surface area contributed by atoms with E-state index in [1.54, 1.807) is 6.20 Å². The number of hydrogen-bond acceptors (Lipinski definition) is 3. The monoisotopic (exact) mass is 251 g/mol. The molecule has 1 saturated heterocycles. The number of aromatic amines is 1. The van der Waals surface area contributed by atoms with Gasteiger partial charge in [-0.15, -0.1) is 0 Å². The van der Waals surface area contributed by atoms with Gasteiger partial charge in [0.15, 0.2) is 0 Å². The standard InChI is InChI=1S/C12H21N5O/c1-10(17-6-2-3-7-17)8-13-12(18)14-9-11-4-5-15-16-11/h4-5,10H,2-3,6-9H2,1H3,(H,15,16)(H2,13,14,18). The molecule has 0 aliphatic carbocycles. The molecule has 1 aliphatic rings. The quantitative estimate of drug-likeness (QED) is 0.721. The number of nitrogens with zero attached hydrogens (tertiary/aromatic N) is 2. The zero-order valence-corrected chi connectivity index (χ0v) is 10.8. The molecule has 1 unspecified atom stereocenters. The molecule has 6 nitrogen and oxygen atoms in total. The first-order valence-corrected chi connectivity index (χ1v) is 6.49. The summed E-state index contributed by atoms with van der Waals surface area (Å²) in [4.78, 5) is 14.0. The third-order valence-electron chi connectivity index (χ3n) is 3.32. The molecule has 1 aliphatic heterocycles. The Bertz CT molecular complexity index is 359. The molecule has 100 valence electrons. The molecule has 6 heteroatoms. The summed E-state index contributed by atoms with van der Waals surface area (Å²) >= 11 is 0. The van der Waals surface area contributed by atoms with Crippen LogP contribution in [0.3, 0.4) is 0 Å². The van der Waals surface area contributed by atoms with E-state index in [9.17, 15) is 4.79 Å². The van der Waals surface area contributed by atoms with E-state index in [0.717, 1.165) is 18.8 Å². The van der Waals surface area contributed by atoms with Gasteiger partial charge in [-0.2, -0.15) is 5.10 Å². The average molecular weight is 251 g/mol. The number of amides is 2. The second kappa shape index (κ2) is 6.39. The molecule has 0 bridgehead atoms. The Hall–Kier alpha value is -1.56. The predicted octanol–water partition coefficient (Wildman–Crippen LogP) is 0.693. The van der Waals surface area contributed by atoms with Crippen LogP contribution in [0, 0.1) is 0 Å². The zero-order valence-electron chi connectivity index (χ0n) is 10.8. The fourth-order valence-corrected chi connectivity index (χ4v) is 2.17. The normalized spacial score (nSPS) is 17.6. The van der Waals surface area contributed by atoms with Gasteiger partial charge in [-0.05, 0) is 38.9 Å². The second-order valence-electron chi connectivity index (χ2n) is 4.74. The van der Waals surface area contributed by atoms with Gasteiger partial charge in [0.25, 0.3) is 0 Å². The van der Waals surface area contributed by atoms with E-state index in [1.807, 2.05) is 6.07 Å². The number of H-pyrrole nitrogens is 1. The second-order valence-corrected chi connectivity index (χ2v) is 4.74. The smallest absolute Gasteiger partial charge is 0.315 e. The highest BCUT2D eigenvalue weighted by molar-refractivity contribution is 5.73. The van der Waals surface area contributed by atoms with Crippen LogP contribution in [-0.2, 0) is 6.54 Å². The van der Waals surface area contributed by atoms with Gasteiger partial charge < -0.3 is 10.6 Å². The van der Waals surface area contributed by atoms with Crippen LogP contribution in [0.25, 0.3) is 0 Å². The summed E-state index contributed by atoms with van der Waals surface area (Å²) in [6.45, 7) is 5.62. The van der Waals surface area contributed by atoms with Crippen LogP contribution in [0.2, 0.25) is 0 Å². The Balaban J connectivity index is 1.62. The van der Waals surface area contributed by atoms with Crippen LogP contribution in [0.15, 0.2) is 12.3 Å². The lowest BCUT2D eigenvalue weighted by molar-refractivity contribution is 0.226. The fraction of sp³-hybridized carbons (Fsp3) is 0.667. The minimum Gasteiger partial charge on any atom is -0.337 e. The molecule has 2 heterocycles. The number of likely N-dealkylation sites (tertiary alicyclic amines) is 1. The molecule has 18 heavy (non-hydrogen) atoms. The number of nitrogens with one attached hydrogen (secondary N) is 3. The maximum atomic E-state index is 11.6. The number of rotatable bonds is 5. The van der Waals surface area contributed by atoms with Gasteiger partial charge in [0.2, 0.25) is 0 Å². The molecule has 0 spiro atoms. The van der Waals surface area contributed by atoms with Gasteiger partial charge in [-0.25, -0.2) is 4.79 Å². The molecule has 1 fully saturated rings. The molecular formula is C12H21N5O. The maximum Gasteiger partial charge on any atom is 0.315 e. The molecular weight excluding hydrogens is 230 g/mol. The van der Waals surface area contributed by atoms with Crippen LogP contribution in [0.4, 0.5) is 4.79 Å². The van der Waals surface area contributed by atoms with Crippen LogP contribution < -0.4 is 10.6 Å².